The van der Waals surface area contributed by atoms with E-state index in [0.29, 0.717) is 19.6 Å². The van der Waals surface area contributed by atoms with E-state index >= 15 is 0 Å². The third-order valence-corrected chi connectivity index (χ3v) is 5.89. The second-order valence-corrected chi connectivity index (χ2v) is 9.07. The zero-order valence-corrected chi connectivity index (χ0v) is 20.2. The van der Waals surface area contributed by atoms with Crippen LogP contribution in [0.3, 0.4) is 0 Å². The fraction of sp³-hybridized carbons (Fsp3) is 0.538. The second-order valence-electron chi connectivity index (χ2n) is 9.07. The van der Waals surface area contributed by atoms with Crippen molar-refractivity contribution in [2.24, 2.45) is 5.92 Å². The zero-order valence-electron chi connectivity index (χ0n) is 20.2. The van der Waals surface area contributed by atoms with E-state index in [9.17, 15) is 9.59 Å². The van der Waals surface area contributed by atoms with Crippen LogP contribution in [0.5, 0.6) is 0 Å². The number of carbonyl (C=O) groups excluding carboxylic acids is 1. The van der Waals surface area contributed by atoms with Gasteiger partial charge < -0.3 is 24.1 Å². The van der Waals surface area contributed by atoms with Gasteiger partial charge in [-0.1, -0.05) is 48.1 Å². The molecule has 0 aromatic carbocycles. The number of hydrogen-bond donors (Lipinski definition) is 1. The molecule has 0 unspecified atom stereocenters. The maximum Gasteiger partial charge on any atom is 0.331 e. The number of carboxylic acid groups (broad SMARTS) is 1. The van der Waals surface area contributed by atoms with Gasteiger partial charge in [0.1, 0.15) is 12.2 Å². The normalized spacial score (nSPS) is 27.7. The molecular weight excluding hydrogens is 424 g/mol. The Labute approximate surface area is 196 Å². The molecule has 1 saturated carbocycles. The van der Waals surface area contributed by atoms with Crippen molar-refractivity contribution < 1.29 is 33.6 Å². The number of ether oxygens (including phenoxy) is 4. The van der Waals surface area contributed by atoms with Crippen LogP contribution in [0.15, 0.2) is 60.3 Å². The Morgan fingerprint density at radius 3 is 2.24 bits per heavy atom. The van der Waals surface area contributed by atoms with Gasteiger partial charge in [-0.3, -0.25) is 0 Å². The summed E-state index contributed by atoms with van der Waals surface area (Å²) in [6.45, 7) is 9.31. The van der Waals surface area contributed by atoms with Gasteiger partial charge in [-0.2, -0.15) is 0 Å². The molecule has 33 heavy (non-hydrogen) atoms. The zero-order chi connectivity index (χ0) is 24.5. The highest BCUT2D eigenvalue weighted by Crippen LogP contribution is 2.52. The molecule has 182 valence electrons. The van der Waals surface area contributed by atoms with Crippen molar-refractivity contribution in [1.29, 1.82) is 0 Å². The number of epoxide rings is 1. The van der Waals surface area contributed by atoms with Crippen LogP contribution in [-0.4, -0.2) is 60.8 Å². The molecular formula is C26H36O7. The van der Waals surface area contributed by atoms with E-state index in [1.807, 2.05) is 33.8 Å². The lowest BCUT2D eigenvalue weighted by molar-refractivity contribution is -0.189. The lowest BCUT2D eigenvalue weighted by Gasteiger charge is -2.47. The number of methoxy groups -OCH3 is 1. The first-order valence-corrected chi connectivity index (χ1v) is 11.2. The number of aliphatic carboxylic acids is 1. The predicted octanol–water partition coefficient (Wildman–Crippen LogP) is 4.16. The summed E-state index contributed by atoms with van der Waals surface area (Å²) in [4.78, 5) is 22.8. The van der Waals surface area contributed by atoms with Crippen LogP contribution in [0.2, 0.25) is 0 Å². The van der Waals surface area contributed by atoms with Crippen LogP contribution in [0.4, 0.5) is 0 Å². The van der Waals surface area contributed by atoms with Gasteiger partial charge in [0.15, 0.2) is 0 Å². The van der Waals surface area contributed by atoms with Gasteiger partial charge in [0.25, 0.3) is 0 Å². The summed E-state index contributed by atoms with van der Waals surface area (Å²) in [7, 11) is 1.63. The second kappa shape index (κ2) is 12.1. The van der Waals surface area contributed by atoms with Crippen molar-refractivity contribution in [3.8, 4) is 0 Å². The molecule has 0 radical (unpaired) electrons. The molecule has 0 bridgehead atoms. The van der Waals surface area contributed by atoms with Gasteiger partial charge in [0.2, 0.25) is 0 Å². The lowest BCUT2D eigenvalue weighted by atomic mass is 9.68. The van der Waals surface area contributed by atoms with Crippen LogP contribution >= 0.6 is 0 Å². The molecule has 1 aliphatic carbocycles. The maximum absolute atomic E-state index is 12.4. The minimum atomic E-state index is -1.01. The monoisotopic (exact) mass is 460 g/mol. The number of hydrogen-bond acceptors (Lipinski definition) is 6. The Balaban J connectivity index is 2.00. The van der Waals surface area contributed by atoms with Crippen LogP contribution in [-0.2, 0) is 28.5 Å². The average Bonchev–Trinajstić information content (AvgIpc) is 3.49. The minimum absolute atomic E-state index is 0.0834. The standard InChI is InChI=1S/C26H36O7/c1-19(2)15-17-31-25(3,4)24-23(30-5)20(14-16-26(24)18-32-26)33-22(29)13-11-9-7-6-8-10-12-21(27)28/h6-13,15,20,23-24H,14,16-18H2,1-5H3,(H,27,28)/b8-6+,9-7+,12-10+,13-11+/t20-,23-,24-,26+/m1/s1. The Kier molecular flexibility index (Phi) is 9.83. The quantitative estimate of drug-likeness (QED) is 0.163. The Morgan fingerprint density at radius 1 is 1.09 bits per heavy atom. The first kappa shape index (κ1) is 26.8. The van der Waals surface area contributed by atoms with Crippen LogP contribution < -0.4 is 0 Å². The third-order valence-electron chi connectivity index (χ3n) is 5.89. The summed E-state index contributed by atoms with van der Waals surface area (Å²) >= 11 is 0. The molecule has 2 aliphatic rings. The van der Waals surface area contributed by atoms with Crippen molar-refractivity contribution >= 4 is 11.9 Å². The van der Waals surface area contributed by atoms with E-state index in [4.69, 9.17) is 24.1 Å². The van der Waals surface area contributed by atoms with Gasteiger partial charge in [-0.25, -0.2) is 9.59 Å². The molecule has 1 spiro atoms. The molecule has 2 fully saturated rings. The summed E-state index contributed by atoms with van der Waals surface area (Å²) in [5.74, 6) is -1.54. The lowest BCUT2D eigenvalue weighted by Crippen LogP contribution is -2.58. The Bertz CT molecular complexity index is 824. The molecule has 4 atom stereocenters. The van der Waals surface area contributed by atoms with Crippen molar-refractivity contribution in [1.82, 2.24) is 0 Å². The van der Waals surface area contributed by atoms with Gasteiger partial charge in [0.05, 0.1) is 24.4 Å². The van der Waals surface area contributed by atoms with Gasteiger partial charge >= 0.3 is 11.9 Å². The molecule has 1 saturated heterocycles. The molecule has 7 heteroatoms. The summed E-state index contributed by atoms with van der Waals surface area (Å²) in [6, 6.07) is 0. The first-order valence-electron chi connectivity index (χ1n) is 11.2. The minimum Gasteiger partial charge on any atom is -0.478 e. The predicted molar refractivity (Wildman–Crippen MR) is 126 cm³/mol. The Morgan fingerprint density at radius 2 is 1.70 bits per heavy atom. The average molecular weight is 461 g/mol. The highest BCUT2D eigenvalue weighted by Gasteiger charge is 2.64. The summed E-state index contributed by atoms with van der Waals surface area (Å²) < 4.78 is 23.7. The molecule has 0 aromatic rings. The van der Waals surface area contributed by atoms with Gasteiger partial charge in [-0.15, -0.1) is 0 Å². The number of carbonyl (C=O) groups is 2. The SMILES string of the molecule is CO[C@H]1[C@H](C(C)(C)OCC=C(C)C)[C@]2(CC[C@H]1OC(=O)/C=C/C=C/C=C/C=C/C(=O)O)CO2. The molecule has 7 nitrogen and oxygen atoms in total. The van der Waals surface area contributed by atoms with E-state index in [1.54, 1.807) is 37.5 Å². The van der Waals surface area contributed by atoms with E-state index in [1.165, 1.54) is 17.7 Å². The first-order chi connectivity index (χ1) is 15.6. The number of allylic oxidation sites excluding steroid dienone is 7. The van der Waals surface area contributed by atoms with E-state index < -0.39 is 23.6 Å². The summed E-state index contributed by atoms with van der Waals surface area (Å²) in [5, 5.41) is 8.51. The highest BCUT2D eigenvalue weighted by molar-refractivity contribution is 5.82. The van der Waals surface area contributed by atoms with Crippen molar-refractivity contribution in [3.63, 3.8) is 0 Å². The van der Waals surface area contributed by atoms with Crippen molar-refractivity contribution in [2.75, 3.05) is 20.3 Å². The van der Waals surface area contributed by atoms with E-state index in [2.05, 4.69) is 0 Å². The highest BCUT2D eigenvalue weighted by atomic mass is 16.6. The van der Waals surface area contributed by atoms with E-state index in [-0.39, 0.29) is 17.6 Å². The van der Waals surface area contributed by atoms with Crippen molar-refractivity contribution in [2.45, 2.75) is 63.9 Å². The molecule has 0 amide bonds. The molecule has 1 aliphatic heterocycles. The summed E-state index contributed by atoms with van der Waals surface area (Å²) in [5.41, 5.74) is 0.363. The van der Waals surface area contributed by atoms with E-state index in [0.717, 1.165) is 12.5 Å². The van der Waals surface area contributed by atoms with Crippen LogP contribution in [0, 0.1) is 5.92 Å². The van der Waals surface area contributed by atoms with Crippen molar-refractivity contribution in [3.05, 3.63) is 60.3 Å². The topological polar surface area (TPSA) is 94.6 Å². The molecule has 2 rings (SSSR count). The molecule has 0 aromatic heterocycles. The van der Waals surface area contributed by atoms with Gasteiger partial charge in [0, 0.05) is 25.2 Å². The Hall–Kier alpha value is -2.48. The fourth-order valence-corrected chi connectivity index (χ4v) is 4.31. The third kappa shape index (κ3) is 8.11. The van der Waals surface area contributed by atoms with Crippen LogP contribution in [0.1, 0.15) is 40.5 Å². The molecule has 1 N–H and O–H groups in total. The smallest absolute Gasteiger partial charge is 0.331 e. The number of rotatable bonds is 11. The number of carboxylic acids is 1. The summed E-state index contributed by atoms with van der Waals surface area (Å²) in [6.07, 6.45) is 14.7. The maximum atomic E-state index is 12.4. The number of esters is 1. The largest absolute Gasteiger partial charge is 0.478 e. The molecule has 1 heterocycles. The van der Waals surface area contributed by atoms with Gasteiger partial charge in [-0.05, 0) is 40.5 Å². The van der Waals surface area contributed by atoms with Crippen LogP contribution in [0.25, 0.3) is 0 Å². The fourth-order valence-electron chi connectivity index (χ4n) is 4.31.